The van der Waals surface area contributed by atoms with E-state index in [4.69, 9.17) is 4.74 Å². The van der Waals surface area contributed by atoms with Gasteiger partial charge in [0.05, 0.1) is 6.04 Å². The van der Waals surface area contributed by atoms with Gasteiger partial charge in [-0.3, -0.25) is 14.4 Å². The van der Waals surface area contributed by atoms with Crippen LogP contribution in [0.4, 0.5) is 0 Å². The van der Waals surface area contributed by atoms with Crippen LogP contribution in [0.15, 0.2) is 23.0 Å². The molecule has 2 fully saturated rings. The number of allylic oxidation sites excluding steroid dienone is 2. The predicted octanol–water partition coefficient (Wildman–Crippen LogP) is 0.326. The number of methoxy groups -OCH3 is 1. The molecule has 2 amide bonds. The van der Waals surface area contributed by atoms with Crippen molar-refractivity contribution in [3.63, 3.8) is 0 Å². The van der Waals surface area contributed by atoms with E-state index in [1.54, 1.807) is 9.47 Å². The molecule has 0 spiro atoms. The predicted molar refractivity (Wildman–Crippen MR) is 126 cm³/mol. The van der Waals surface area contributed by atoms with Gasteiger partial charge in [-0.05, 0) is 44.0 Å². The Balaban J connectivity index is 1.53. The van der Waals surface area contributed by atoms with Gasteiger partial charge in [0.2, 0.25) is 11.8 Å². The van der Waals surface area contributed by atoms with Gasteiger partial charge in [0.1, 0.15) is 12.6 Å². The van der Waals surface area contributed by atoms with Crippen LogP contribution >= 0.6 is 0 Å². The molecule has 1 N–H and O–H groups in total. The third-order valence-corrected chi connectivity index (χ3v) is 8.09. The summed E-state index contributed by atoms with van der Waals surface area (Å²) in [4.78, 5) is 46.0. The van der Waals surface area contributed by atoms with Crippen molar-refractivity contribution in [3.8, 4) is 0 Å². The number of amides is 2. The zero-order valence-electron chi connectivity index (χ0n) is 20.0. The lowest BCUT2D eigenvalue weighted by atomic mass is 9.88. The number of rotatable bonds is 5. The average Bonchev–Trinajstić information content (AvgIpc) is 3.55. The molecule has 4 atom stereocenters. The van der Waals surface area contributed by atoms with E-state index in [0.717, 1.165) is 49.2 Å². The van der Waals surface area contributed by atoms with Crippen LogP contribution in [0.1, 0.15) is 36.6 Å². The Bertz CT molecular complexity index is 1060. The van der Waals surface area contributed by atoms with Gasteiger partial charge in [-0.25, -0.2) is 0 Å². The standard InChI is InChI=1S/C25H34N4O5/c1-26-9-11-27(12-10-26)25(33)23-19(14-30)18-13-28-20(22(18)29(23)21(31)15-34-2)8-7-17(24(28)32)16-5-3-4-6-16/h5,7-8,18-19,22-23,30H,3-4,6,9-15H2,1-2H3/t18-,19-,22+,23-/m1/s1. The Hall–Kier alpha value is -2.49. The maximum Gasteiger partial charge on any atom is 0.258 e. The first kappa shape index (κ1) is 23.3. The third-order valence-electron chi connectivity index (χ3n) is 8.09. The largest absolute Gasteiger partial charge is 0.396 e. The number of likely N-dealkylation sites (tertiary alicyclic amines) is 1. The number of carbonyl (C=O) groups excluding carboxylic acids is 2. The Morgan fingerprint density at radius 3 is 2.59 bits per heavy atom. The smallest absolute Gasteiger partial charge is 0.258 e. The highest BCUT2D eigenvalue weighted by Gasteiger charge is 2.58. The minimum atomic E-state index is -0.757. The van der Waals surface area contributed by atoms with E-state index in [0.29, 0.717) is 19.6 Å². The minimum Gasteiger partial charge on any atom is -0.396 e. The van der Waals surface area contributed by atoms with E-state index in [1.807, 2.05) is 24.1 Å². The van der Waals surface area contributed by atoms with E-state index < -0.39 is 18.0 Å². The number of fused-ring (bicyclic) bond motifs is 3. The lowest BCUT2D eigenvalue weighted by Crippen LogP contribution is -2.56. The molecule has 34 heavy (non-hydrogen) atoms. The van der Waals surface area contributed by atoms with Crippen LogP contribution in [-0.2, 0) is 20.9 Å². The third kappa shape index (κ3) is 3.70. The van der Waals surface area contributed by atoms with Gasteiger partial charge in [-0.2, -0.15) is 0 Å². The number of hydrogen-bond donors (Lipinski definition) is 1. The first-order valence-electron chi connectivity index (χ1n) is 12.3. The van der Waals surface area contributed by atoms with Gasteiger partial charge in [-0.1, -0.05) is 6.08 Å². The van der Waals surface area contributed by atoms with Crippen LogP contribution in [0.5, 0.6) is 0 Å². The quantitative estimate of drug-likeness (QED) is 0.666. The van der Waals surface area contributed by atoms with E-state index in [2.05, 4.69) is 11.0 Å². The molecule has 5 rings (SSSR count). The maximum atomic E-state index is 13.7. The Morgan fingerprint density at radius 2 is 1.94 bits per heavy atom. The second kappa shape index (κ2) is 9.28. The molecule has 1 aromatic rings. The fourth-order valence-corrected chi connectivity index (χ4v) is 6.32. The zero-order chi connectivity index (χ0) is 24.0. The molecule has 184 valence electrons. The molecule has 9 nitrogen and oxygen atoms in total. The molecule has 0 unspecified atom stereocenters. The Labute approximate surface area is 199 Å². The molecule has 4 heterocycles. The molecule has 0 radical (unpaired) electrons. The SMILES string of the molecule is COCC(=O)N1[C@@H]2c3ccc(C4=CCCC4)c(=O)n3C[C@@H]2[C@@H](CO)[C@@H]1C(=O)N1CCN(C)CC1. The van der Waals surface area contributed by atoms with Crippen LogP contribution in [0, 0.1) is 11.8 Å². The van der Waals surface area contributed by atoms with Crippen molar-refractivity contribution in [2.24, 2.45) is 11.8 Å². The van der Waals surface area contributed by atoms with Crippen LogP contribution in [0.3, 0.4) is 0 Å². The van der Waals surface area contributed by atoms with E-state index in [-0.39, 0.29) is 36.5 Å². The minimum absolute atomic E-state index is 0.0437. The van der Waals surface area contributed by atoms with Crippen molar-refractivity contribution in [3.05, 3.63) is 39.8 Å². The average molecular weight is 471 g/mol. The number of likely N-dealkylation sites (N-methyl/N-ethyl adjacent to an activating group) is 1. The molecule has 1 aromatic heterocycles. The second-order valence-corrected chi connectivity index (χ2v) is 9.97. The number of ether oxygens (including phenoxy) is 1. The topological polar surface area (TPSA) is 95.3 Å². The number of aliphatic hydroxyl groups excluding tert-OH is 1. The molecule has 0 bridgehead atoms. The van der Waals surface area contributed by atoms with Crippen molar-refractivity contribution >= 4 is 17.4 Å². The monoisotopic (exact) mass is 470 g/mol. The lowest BCUT2D eigenvalue weighted by molar-refractivity contribution is -0.150. The Kier molecular flexibility index (Phi) is 6.35. The first-order chi connectivity index (χ1) is 16.5. The fourth-order valence-electron chi connectivity index (χ4n) is 6.32. The number of aliphatic hydroxyl groups is 1. The fraction of sp³-hybridized carbons (Fsp3) is 0.640. The van der Waals surface area contributed by atoms with Crippen molar-refractivity contribution in [2.45, 2.75) is 37.9 Å². The van der Waals surface area contributed by atoms with Gasteiger partial charge in [0.25, 0.3) is 5.56 Å². The molecule has 0 saturated carbocycles. The highest BCUT2D eigenvalue weighted by atomic mass is 16.5. The van der Waals surface area contributed by atoms with Crippen molar-refractivity contribution in [1.29, 1.82) is 0 Å². The highest BCUT2D eigenvalue weighted by Crippen LogP contribution is 2.49. The van der Waals surface area contributed by atoms with Gasteiger partial charge < -0.3 is 29.1 Å². The normalized spacial score (nSPS) is 28.7. The summed E-state index contributed by atoms with van der Waals surface area (Å²) in [6, 6.07) is 2.62. The molecule has 3 aliphatic heterocycles. The number of nitrogens with zero attached hydrogens (tertiary/aromatic N) is 4. The van der Waals surface area contributed by atoms with Gasteiger partial charge in [0.15, 0.2) is 0 Å². The van der Waals surface area contributed by atoms with E-state index in [1.165, 1.54) is 7.11 Å². The summed E-state index contributed by atoms with van der Waals surface area (Å²) in [5.41, 5.74) is 2.51. The molecule has 2 saturated heterocycles. The summed E-state index contributed by atoms with van der Waals surface area (Å²) in [6.07, 6.45) is 5.09. The molecule has 4 aliphatic rings. The molecule has 0 aromatic carbocycles. The summed E-state index contributed by atoms with van der Waals surface area (Å²) in [5, 5.41) is 10.4. The van der Waals surface area contributed by atoms with Crippen molar-refractivity contribution < 1.29 is 19.4 Å². The summed E-state index contributed by atoms with van der Waals surface area (Å²) in [6.45, 7) is 2.77. The summed E-state index contributed by atoms with van der Waals surface area (Å²) in [5.74, 6) is -1.05. The number of aromatic nitrogens is 1. The highest BCUT2D eigenvalue weighted by molar-refractivity contribution is 5.90. The van der Waals surface area contributed by atoms with Gasteiger partial charge >= 0.3 is 0 Å². The van der Waals surface area contributed by atoms with E-state index in [9.17, 15) is 19.5 Å². The zero-order valence-corrected chi connectivity index (χ0v) is 20.0. The summed E-state index contributed by atoms with van der Waals surface area (Å²) in [7, 11) is 3.48. The van der Waals surface area contributed by atoms with Crippen molar-refractivity contribution in [2.75, 3.05) is 53.6 Å². The molecule has 1 aliphatic carbocycles. The maximum absolute atomic E-state index is 13.7. The van der Waals surface area contributed by atoms with Crippen LogP contribution in [0.2, 0.25) is 0 Å². The number of hydrogen-bond acceptors (Lipinski definition) is 6. The van der Waals surface area contributed by atoms with Gasteiger partial charge in [-0.15, -0.1) is 0 Å². The molecular formula is C25H34N4O5. The number of pyridine rings is 1. The lowest BCUT2D eigenvalue weighted by Gasteiger charge is -2.38. The summed E-state index contributed by atoms with van der Waals surface area (Å²) < 4.78 is 6.92. The second-order valence-electron chi connectivity index (χ2n) is 9.97. The summed E-state index contributed by atoms with van der Waals surface area (Å²) >= 11 is 0. The van der Waals surface area contributed by atoms with Crippen LogP contribution < -0.4 is 5.56 Å². The first-order valence-corrected chi connectivity index (χ1v) is 12.3. The Morgan fingerprint density at radius 1 is 1.18 bits per heavy atom. The number of piperazine rings is 1. The van der Waals surface area contributed by atoms with Crippen LogP contribution in [-0.4, -0.2) is 95.8 Å². The van der Waals surface area contributed by atoms with Gasteiger partial charge in [0, 0.05) is 69.5 Å². The number of carbonyl (C=O) groups is 2. The van der Waals surface area contributed by atoms with Crippen LogP contribution in [0.25, 0.3) is 5.57 Å². The molecular weight excluding hydrogens is 436 g/mol. The molecule has 9 heteroatoms. The van der Waals surface area contributed by atoms with Crippen molar-refractivity contribution in [1.82, 2.24) is 19.3 Å². The van der Waals surface area contributed by atoms with E-state index >= 15 is 0 Å².